The van der Waals surface area contributed by atoms with Gasteiger partial charge in [-0.3, -0.25) is 0 Å². The minimum absolute atomic E-state index is 0.0761. The van der Waals surface area contributed by atoms with Crippen LogP contribution in [-0.2, 0) is 6.54 Å². The number of oxazole rings is 1. The Bertz CT molecular complexity index is 999. The number of aromatic amines is 1. The van der Waals surface area contributed by atoms with Gasteiger partial charge in [-0.2, -0.15) is 0 Å². The van der Waals surface area contributed by atoms with Gasteiger partial charge in [-0.25, -0.2) is 14.2 Å². The fraction of sp³-hybridized carbons (Fsp3) is 0.429. The number of halogens is 1. The second-order valence-electron chi connectivity index (χ2n) is 7.79. The van der Waals surface area contributed by atoms with Gasteiger partial charge >= 0.3 is 6.03 Å². The predicted octanol–water partition coefficient (Wildman–Crippen LogP) is 4.26. The number of nitrogens with zero attached hydrogens (tertiary/aromatic N) is 2. The van der Waals surface area contributed by atoms with Gasteiger partial charge in [-0.1, -0.05) is 0 Å². The van der Waals surface area contributed by atoms with Crippen LogP contribution in [0.15, 0.2) is 35.0 Å². The molecule has 2 amide bonds. The lowest BCUT2D eigenvalue weighted by molar-refractivity contribution is 0.180. The van der Waals surface area contributed by atoms with Crippen LogP contribution in [0.2, 0.25) is 0 Å². The molecule has 1 aliphatic carbocycles. The Morgan fingerprint density at radius 2 is 2.07 bits per heavy atom. The lowest BCUT2D eigenvalue weighted by Crippen LogP contribution is -2.43. The Kier molecular flexibility index (Phi) is 4.30. The molecule has 0 radical (unpaired) electrons. The largest absolute Gasteiger partial charge is 0.444 e. The topological polar surface area (TPSA) is 74.2 Å². The number of carbonyl (C=O) groups excluding carboxylic acids is 1. The fourth-order valence-electron chi connectivity index (χ4n) is 4.04. The third-order valence-corrected chi connectivity index (χ3v) is 5.81. The average molecular weight is 382 g/mol. The molecule has 5 rings (SSSR count). The van der Waals surface area contributed by atoms with Crippen LogP contribution in [-0.4, -0.2) is 34.0 Å². The average Bonchev–Trinajstić information content (AvgIpc) is 3.31. The summed E-state index contributed by atoms with van der Waals surface area (Å²) < 4.78 is 19.3. The van der Waals surface area contributed by atoms with E-state index in [-0.39, 0.29) is 11.8 Å². The number of carbonyl (C=O) groups is 1. The summed E-state index contributed by atoms with van der Waals surface area (Å²) in [5, 5.41) is 3.87. The number of hydrogen-bond acceptors (Lipinski definition) is 3. The van der Waals surface area contributed by atoms with Crippen LogP contribution in [0.1, 0.15) is 54.7 Å². The molecule has 3 aromatic rings. The SMILES string of the molecule is O=C(NCc1cnc(C2CC2)o1)N1CCC(c2c[nH]c3ccc(F)cc23)CC1. The lowest BCUT2D eigenvalue weighted by Gasteiger charge is -2.32. The van der Waals surface area contributed by atoms with Gasteiger partial charge < -0.3 is 19.6 Å². The summed E-state index contributed by atoms with van der Waals surface area (Å²) in [5.74, 6) is 2.07. The van der Waals surface area contributed by atoms with Crippen molar-refractivity contribution in [1.82, 2.24) is 20.2 Å². The molecule has 1 saturated carbocycles. The van der Waals surface area contributed by atoms with Gasteiger partial charge in [0.05, 0.1) is 12.7 Å². The number of H-pyrrole nitrogens is 1. The second-order valence-corrected chi connectivity index (χ2v) is 7.79. The van der Waals surface area contributed by atoms with Crippen LogP contribution in [0.4, 0.5) is 9.18 Å². The number of hydrogen-bond donors (Lipinski definition) is 2. The van der Waals surface area contributed by atoms with Crippen molar-refractivity contribution in [3.05, 3.63) is 53.6 Å². The zero-order valence-electron chi connectivity index (χ0n) is 15.6. The molecular weight excluding hydrogens is 359 g/mol. The van der Waals surface area contributed by atoms with Crippen molar-refractivity contribution in [3.63, 3.8) is 0 Å². The zero-order chi connectivity index (χ0) is 19.1. The van der Waals surface area contributed by atoms with E-state index in [1.54, 1.807) is 18.3 Å². The maximum absolute atomic E-state index is 13.6. The number of fused-ring (bicyclic) bond motifs is 1. The van der Waals surface area contributed by atoms with Crippen LogP contribution in [0, 0.1) is 5.82 Å². The summed E-state index contributed by atoms with van der Waals surface area (Å²) in [5.41, 5.74) is 2.10. The fourth-order valence-corrected chi connectivity index (χ4v) is 4.04. The number of aromatic nitrogens is 2. The Balaban J connectivity index is 1.16. The molecule has 0 spiro atoms. The van der Waals surface area contributed by atoms with Crippen molar-refractivity contribution in [3.8, 4) is 0 Å². The van der Waals surface area contributed by atoms with Crippen molar-refractivity contribution in [2.75, 3.05) is 13.1 Å². The number of amides is 2. The van der Waals surface area contributed by atoms with Crippen molar-refractivity contribution in [2.24, 2.45) is 0 Å². The Morgan fingerprint density at radius 1 is 1.25 bits per heavy atom. The standard InChI is InChI=1S/C21H23FN4O2/c22-15-3-4-19-17(9-15)18(12-23-19)13-5-7-26(8-6-13)21(27)25-11-16-10-24-20(28-16)14-1-2-14/h3-4,9-10,12-14,23H,1-2,5-8,11H2,(H,25,27). The summed E-state index contributed by atoms with van der Waals surface area (Å²) in [4.78, 5) is 21.8. The summed E-state index contributed by atoms with van der Waals surface area (Å²) in [6.07, 6.45) is 7.70. The number of piperidine rings is 1. The van der Waals surface area contributed by atoms with Crippen LogP contribution >= 0.6 is 0 Å². The van der Waals surface area contributed by atoms with E-state index in [0.717, 1.165) is 48.0 Å². The maximum Gasteiger partial charge on any atom is 0.317 e. The number of rotatable bonds is 4. The molecule has 146 valence electrons. The first-order chi connectivity index (χ1) is 13.7. The van der Waals surface area contributed by atoms with Gasteiger partial charge in [0.25, 0.3) is 0 Å². The molecule has 2 aromatic heterocycles. The summed E-state index contributed by atoms with van der Waals surface area (Å²) in [6.45, 7) is 1.73. The number of benzene rings is 1. The molecule has 3 heterocycles. The molecule has 0 bridgehead atoms. The predicted molar refractivity (Wildman–Crippen MR) is 103 cm³/mol. The highest BCUT2D eigenvalue weighted by Crippen LogP contribution is 2.39. The summed E-state index contributed by atoms with van der Waals surface area (Å²) in [6, 6.07) is 4.76. The monoisotopic (exact) mass is 382 g/mol. The first-order valence-corrected chi connectivity index (χ1v) is 9.91. The normalized spacial score (nSPS) is 18.0. The van der Waals surface area contributed by atoms with Crippen molar-refractivity contribution < 1.29 is 13.6 Å². The van der Waals surface area contributed by atoms with Gasteiger partial charge in [0.2, 0.25) is 0 Å². The molecule has 2 fully saturated rings. The van der Waals surface area contributed by atoms with E-state index in [1.807, 2.05) is 11.1 Å². The number of likely N-dealkylation sites (tertiary alicyclic amines) is 1. The van der Waals surface area contributed by atoms with Crippen LogP contribution in [0.3, 0.4) is 0 Å². The Hall–Kier alpha value is -2.83. The quantitative estimate of drug-likeness (QED) is 0.708. The smallest absolute Gasteiger partial charge is 0.317 e. The van der Waals surface area contributed by atoms with E-state index < -0.39 is 0 Å². The summed E-state index contributed by atoms with van der Waals surface area (Å²) >= 11 is 0. The van der Waals surface area contributed by atoms with E-state index in [1.165, 1.54) is 6.07 Å². The zero-order valence-corrected chi connectivity index (χ0v) is 15.6. The summed E-state index contributed by atoms with van der Waals surface area (Å²) in [7, 11) is 0. The van der Waals surface area contributed by atoms with Crippen molar-refractivity contribution in [2.45, 2.75) is 44.1 Å². The van der Waals surface area contributed by atoms with Crippen LogP contribution in [0.5, 0.6) is 0 Å². The number of nitrogens with one attached hydrogen (secondary N) is 2. The third kappa shape index (κ3) is 3.37. The van der Waals surface area contributed by atoms with Gasteiger partial charge in [-0.05, 0) is 55.4 Å². The molecule has 1 aromatic carbocycles. The molecule has 6 nitrogen and oxygen atoms in total. The van der Waals surface area contributed by atoms with E-state index >= 15 is 0 Å². The maximum atomic E-state index is 13.6. The second kappa shape index (κ2) is 6.96. The van der Waals surface area contributed by atoms with E-state index in [9.17, 15) is 9.18 Å². The first kappa shape index (κ1) is 17.3. The highest BCUT2D eigenvalue weighted by molar-refractivity contribution is 5.84. The first-order valence-electron chi connectivity index (χ1n) is 9.91. The third-order valence-electron chi connectivity index (χ3n) is 5.81. The molecule has 0 atom stereocenters. The highest BCUT2D eigenvalue weighted by atomic mass is 19.1. The molecule has 7 heteroatoms. The number of urea groups is 1. The molecular formula is C21H23FN4O2. The molecule has 2 N–H and O–H groups in total. The van der Waals surface area contributed by atoms with E-state index in [4.69, 9.17) is 4.42 Å². The minimum Gasteiger partial charge on any atom is -0.444 e. The van der Waals surface area contributed by atoms with Crippen LogP contribution < -0.4 is 5.32 Å². The van der Waals surface area contributed by atoms with Crippen LogP contribution in [0.25, 0.3) is 10.9 Å². The Labute approximate surface area is 162 Å². The van der Waals surface area contributed by atoms with Gasteiger partial charge in [-0.15, -0.1) is 0 Å². The van der Waals surface area contributed by atoms with Crippen molar-refractivity contribution >= 4 is 16.9 Å². The van der Waals surface area contributed by atoms with Gasteiger partial charge in [0, 0.05) is 36.1 Å². The molecule has 28 heavy (non-hydrogen) atoms. The van der Waals surface area contributed by atoms with E-state index in [2.05, 4.69) is 15.3 Å². The van der Waals surface area contributed by atoms with Gasteiger partial charge in [0.15, 0.2) is 5.89 Å². The van der Waals surface area contributed by atoms with Crippen molar-refractivity contribution in [1.29, 1.82) is 0 Å². The molecule has 2 aliphatic rings. The minimum atomic E-state index is -0.220. The van der Waals surface area contributed by atoms with Gasteiger partial charge in [0.1, 0.15) is 11.6 Å². The highest BCUT2D eigenvalue weighted by Gasteiger charge is 2.29. The molecule has 1 saturated heterocycles. The Morgan fingerprint density at radius 3 is 2.86 bits per heavy atom. The lowest BCUT2D eigenvalue weighted by atomic mass is 9.89. The van der Waals surface area contributed by atoms with E-state index in [0.29, 0.717) is 37.2 Å². The molecule has 0 unspecified atom stereocenters. The molecule has 1 aliphatic heterocycles.